The lowest BCUT2D eigenvalue weighted by molar-refractivity contribution is -0.142. The molecule has 0 fully saturated rings. The molecule has 0 aromatic heterocycles. The fourth-order valence-electron chi connectivity index (χ4n) is 0.711. The first-order chi connectivity index (χ1) is 6.70. The summed E-state index contributed by atoms with van der Waals surface area (Å²) >= 11 is 0. The Morgan fingerprint density at radius 3 is 2.36 bits per heavy atom. The van der Waals surface area contributed by atoms with Gasteiger partial charge >= 0.3 is 11.9 Å². The highest BCUT2D eigenvalue weighted by Crippen LogP contribution is 1.90. The third kappa shape index (κ3) is 7.34. The van der Waals surface area contributed by atoms with Crippen LogP contribution in [0.15, 0.2) is 12.2 Å². The summed E-state index contributed by atoms with van der Waals surface area (Å²) in [6, 6.07) is 0. The van der Waals surface area contributed by atoms with E-state index < -0.39 is 0 Å². The van der Waals surface area contributed by atoms with Gasteiger partial charge in [-0.1, -0.05) is 19.1 Å². The Morgan fingerprint density at radius 2 is 1.79 bits per heavy atom. The number of carbonyl (C=O) groups is 2. The van der Waals surface area contributed by atoms with E-state index in [0.29, 0.717) is 13.0 Å². The molecule has 4 heteroatoms. The van der Waals surface area contributed by atoms with Crippen molar-refractivity contribution in [1.82, 2.24) is 0 Å². The molecule has 0 saturated carbocycles. The van der Waals surface area contributed by atoms with Gasteiger partial charge in [-0.3, -0.25) is 9.59 Å². The van der Waals surface area contributed by atoms with Crippen molar-refractivity contribution in [3.05, 3.63) is 12.2 Å². The van der Waals surface area contributed by atoms with E-state index in [9.17, 15) is 9.59 Å². The Hall–Kier alpha value is -1.32. The Bertz CT molecular complexity index is 208. The van der Waals surface area contributed by atoms with Crippen LogP contribution < -0.4 is 0 Å². The summed E-state index contributed by atoms with van der Waals surface area (Å²) < 4.78 is 9.45. The minimum absolute atomic E-state index is 0.214. The fourth-order valence-corrected chi connectivity index (χ4v) is 0.711. The van der Waals surface area contributed by atoms with Gasteiger partial charge in [-0.2, -0.15) is 0 Å². The van der Waals surface area contributed by atoms with Crippen LogP contribution in [-0.4, -0.2) is 25.2 Å². The van der Waals surface area contributed by atoms with E-state index in [0.717, 1.165) is 0 Å². The molecule has 0 heterocycles. The molecule has 0 saturated heterocycles. The lowest BCUT2D eigenvalue weighted by Crippen LogP contribution is -2.03. The molecule has 0 bridgehead atoms. The molecular weight excluding hydrogens is 184 g/mol. The van der Waals surface area contributed by atoms with Crippen molar-refractivity contribution in [2.45, 2.75) is 26.7 Å². The molecule has 0 aliphatic rings. The second-order valence-electron chi connectivity index (χ2n) is 2.52. The van der Waals surface area contributed by atoms with E-state index in [1.807, 2.05) is 0 Å². The molecule has 0 aromatic rings. The largest absolute Gasteiger partial charge is 0.466 e. The summed E-state index contributed by atoms with van der Waals surface area (Å²) in [5.41, 5.74) is 0. The average molecular weight is 200 g/mol. The van der Waals surface area contributed by atoms with Gasteiger partial charge < -0.3 is 9.47 Å². The SMILES string of the molecule is CCOC(=O)C/C=C/COC(=O)CC. The van der Waals surface area contributed by atoms with E-state index in [1.165, 1.54) is 0 Å². The molecule has 80 valence electrons. The van der Waals surface area contributed by atoms with Crippen molar-refractivity contribution < 1.29 is 19.1 Å². The van der Waals surface area contributed by atoms with E-state index in [2.05, 4.69) is 0 Å². The third-order valence-corrected chi connectivity index (χ3v) is 1.39. The zero-order chi connectivity index (χ0) is 10.8. The standard InChI is InChI=1S/C10H16O4/c1-3-9(11)14-8-6-5-7-10(12)13-4-2/h5-6H,3-4,7-8H2,1-2H3/b6-5+. The van der Waals surface area contributed by atoms with Crippen LogP contribution in [0.4, 0.5) is 0 Å². The quantitative estimate of drug-likeness (QED) is 0.481. The van der Waals surface area contributed by atoms with Gasteiger partial charge in [0.05, 0.1) is 13.0 Å². The molecule has 0 aliphatic carbocycles. The van der Waals surface area contributed by atoms with Gasteiger partial charge in [-0.25, -0.2) is 0 Å². The van der Waals surface area contributed by atoms with Gasteiger partial charge in [-0.05, 0) is 6.92 Å². The number of ether oxygens (including phenoxy) is 2. The smallest absolute Gasteiger partial charge is 0.309 e. The van der Waals surface area contributed by atoms with Crippen molar-refractivity contribution in [3.8, 4) is 0 Å². The van der Waals surface area contributed by atoms with Gasteiger partial charge in [0.25, 0.3) is 0 Å². The monoisotopic (exact) mass is 200 g/mol. The van der Waals surface area contributed by atoms with Crippen LogP contribution in [0.5, 0.6) is 0 Å². The lowest BCUT2D eigenvalue weighted by atomic mass is 10.4. The summed E-state index contributed by atoms with van der Waals surface area (Å²) in [6.07, 6.45) is 3.84. The van der Waals surface area contributed by atoms with Gasteiger partial charge in [0.15, 0.2) is 0 Å². The van der Waals surface area contributed by atoms with E-state index >= 15 is 0 Å². The highest BCUT2D eigenvalue weighted by atomic mass is 16.5. The predicted molar refractivity (Wildman–Crippen MR) is 51.6 cm³/mol. The number of esters is 2. The molecule has 0 aliphatic heterocycles. The molecule has 0 radical (unpaired) electrons. The predicted octanol–water partition coefficient (Wildman–Crippen LogP) is 1.45. The summed E-state index contributed by atoms with van der Waals surface area (Å²) in [6.45, 7) is 4.08. The number of hydrogen-bond acceptors (Lipinski definition) is 4. The lowest BCUT2D eigenvalue weighted by Gasteiger charge is -1.98. The average Bonchev–Trinajstić information content (AvgIpc) is 2.17. The first-order valence-electron chi connectivity index (χ1n) is 4.66. The number of rotatable bonds is 6. The Balaban J connectivity index is 3.44. The first-order valence-corrected chi connectivity index (χ1v) is 4.66. The van der Waals surface area contributed by atoms with Crippen LogP contribution in [0, 0.1) is 0 Å². The minimum atomic E-state index is -0.273. The molecule has 0 spiro atoms. The molecule has 0 N–H and O–H groups in total. The minimum Gasteiger partial charge on any atom is -0.466 e. The maximum absolute atomic E-state index is 10.8. The maximum Gasteiger partial charge on any atom is 0.309 e. The van der Waals surface area contributed by atoms with Crippen LogP contribution >= 0.6 is 0 Å². The number of hydrogen-bond donors (Lipinski definition) is 0. The summed E-state index contributed by atoms with van der Waals surface area (Å²) in [7, 11) is 0. The Morgan fingerprint density at radius 1 is 1.07 bits per heavy atom. The molecular formula is C10H16O4. The Kier molecular flexibility index (Phi) is 7.50. The molecule has 4 nitrogen and oxygen atoms in total. The van der Waals surface area contributed by atoms with Crippen molar-refractivity contribution >= 4 is 11.9 Å². The summed E-state index contributed by atoms with van der Waals surface area (Å²) in [5.74, 6) is -0.517. The van der Waals surface area contributed by atoms with Crippen molar-refractivity contribution in [2.24, 2.45) is 0 Å². The third-order valence-electron chi connectivity index (χ3n) is 1.39. The first kappa shape index (κ1) is 12.7. The van der Waals surface area contributed by atoms with Crippen LogP contribution in [0.25, 0.3) is 0 Å². The van der Waals surface area contributed by atoms with E-state index in [-0.39, 0.29) is 25.0 Å². The summed E-state index contributed by atoms with van der Waals surface area (Å²) in [4.78, 5) is 21.5. The van der Waals surface area contributed by atoms with Crippen molar-refractivity contribution in [3.63, 3.8) is 0 Å². The molecule has 0 unspecified atom stereocenters. The molecule has 0 rings (SSSR count). The second-order valence-corrected chi connectivity index (χ2v) is 2.52. The molecule has 0 atom stereocenters. The maximum atomic E-state index is 10.8. The van der Waals surface area contributed by atoms with Crippen LogP contribution in [0.1, 0.15) is 26.7 Å². The highest BCUT2D eigenvalue weighted by Gasteiger charge is 1.97. The Labute approximate surface area is 83.9 Å². The zero-order valence-corrected chi connectivity index (χ0v) is 8.62. The van der Waals surface area contributed by atoms with Crippen LogP contribution in [0.3, 0.4) is 0 Å². The van der Waals surface area contributed by atoms with Gasteiger partial charge in [0.2, 0.25) is 0 Å². The number of carbonyl (C=O) groups excluding carboxylic acids is 2. The topological polar surface area (TPSA) is 52.6 Å². The van der Waals surface area contributed by atoms with Crippen molar-refractivity contribution in [2.75, 3.05) is 13.2 Å². The fraction of sp³-hybridized carbons (Fsp3) is 0.600. The van der Waals surface area contributed by atoms with Crippen LogP contribution in [0.2, 0.25) is 0 Å². The molecule has 0 aromatic carbocycles. The van der Waals surface area contributed by atoms with Crippen molar-refractivity contribution in [1.29, 1.82) is 0 Å². The van der Waals surface area contributed by atoms with Crippen LogP contribution in [-0.2, 0) is 19.1 Å². The second kappa shape index (κ2) is 8.29. The van der Waals surface area contributed by atoms with E-state index in [4.69, 9.17) is 9.47 Å². The molecule has 0 amide bonds. The van der Waals surface area contributed by atoms with Gasteiger partial charge in [0.1, 0.15) is 6.61 Å². The molecule has 14 heavy (non-hydrogen) atoms. The zero-order valence-electron chi connectivity index (χ0n) is 8.62. The summed E-state index contributed by atoms with van der Waals surface area (Å²) in [5, 5.41) is 0. The highest BCUT2D eigenvalue weighted by molar-refractivity contribution is 5.71. The normalized spacial score (nSPS) is 10.1. The van der Waals surface area contributed by atoms with Gasteiger partial charge in [0, 0.05) is 6.42 Å². The van der Waals surface area contributed by atoms with E-state index in [1.54, 1.807) is 26.0 Å². The van der Waals surface area contributed by atoms with Gasteiger partial charge in [-0.15, -0.1) is 0 Å².